The molecule has 1 unspecified atom stereocenters. The summed E-state index contributed by atoms with van der Waals surface area (Å²) in [5.41, 5.74) is 3.44. The molecule has 2 aromatic rings. The van der Waals surface area contributed by atoms with Crippen LogP contribution in [-0.4, -0.2) is 12.0 Å². The molecule has 0 saturated heterocycles. The lowest BCUT2D eigenvalue weighted by molar-refractivity contribution is 0.690. The summed E-state index contributed by atoms with van der Waals surface area (Å²) in [6.45, 7) is 2.01. The van der Waals surface area contributed by atoms with Crippen molar-refractivity contribution in [3.63, 3.8) is 0 Å². The molecule has 1 atom stereocenters. The van der Waals surface area contributed by atoms with Gasteiger partial charge in [-0.2, -0.15) is 0 Å². The van der Waals surface area contributed by atoms with E-state index in [0.29, 0.717) is 0 Å². The lowest BCUT2D eigenvalue weighted by Crippen LogP contribution is -2.17. The van der Waals surface area contributed by atoms with Crippen LogP contribution in [0, 0.1) is 6.92 Å². The first-order valence-corrected chi connectivity index (χ1v) is 5.93. The molecule has 0 bridgehead atoms. The molecule has 0 spiro atoms. The molecule has 1 N–H and O–H groups in total. The van der Waals surface area contributed by atoms with Crippen molar-refractivity contribution in [3.8, 4) is 0 Å². The molecule has 2 nitrogen and oxygen atoms in total. The molecule has 3 heteroatoms. The van der Waals surface area contributed by atoms with E-state index >= 15 is 0 Å². The SMILES string of the molecule is CNC(c1ccncc1)c1ccc(C)c(Cl)c1. The fraction of sp³-hybridized carbons (Fsp3) is 0.214. The van der Waals surface area contributed by atoms with Crippen molar-refractivity contribution in [2.75, 3.05) is 7.05 Å². The van der Waals surface area contributed by atoms with Gasteiger partial charge in [-0.25, -0.2) is 0 Å². The summed E-state index contributed by atoms with van der Waals surface area (Å²) in [7, 11) is 1.94. The third kappa shape index (κ3) is 2.65. The quantitative estimate of drug-likeness (QED) is 0.899. The summed E-state index contributed by atoms with van der Waals surface area (Å²) in [4.78, 5) is 4.03. The largest absolute Gasteiger partial charge is 0.309 e. The van der Waals surface area contributed by atoms with Gasteiger partial charge in [-0.05, 0) is 48.9 Å². The van der Waals surface area contributed by atoms with Gasteiger partial charge in [-0.3, -0.25) is 4.98 Å². The summed E-state index contributed by atoms with van der Waals surface area (Å²) in [6.07, 6.45) is 3.60. The number of halogens is 1. The number of benzene rings is 1. The highest BCUT2D eigenvalue weighted by Gasteiger charge is 2.12. The molecule has 0 saturated carbocycles. The van der Waals surface area contributed by atoms with Crippen LogP contribution in [0.25, 0.3) is 0 Å². The van der Waals surface area contributed by atoms with Crippen molar-refractivity contribution in [1.82, 2.24) is 10.3 Å². The number of aromatic nitrogens is 1. The lowest BCUT2D eigenvalue weighted by Gasteiger charge is -2.17. The molecule has 1 heterocycles. The maximum atomic E-state index is 6.16. The van der Waals surface area contributed by atoms with E-state index in [2.05, 4.69) is 16.4 Å². The maximum absolute atomic E-state index is 6.16. The average Bonchev–Trinajstić information content (AvgIpc) is 2.36. The highest BCUT2D eigenvalue weighted by Crippen LogP contribution is 2.25. The number of nitrogens with zero attached hydrogens (tertiary/aromatic N) is 1. The third-order valence-electron chi connectivity index (χ3n) is 2.86. The molecule has 0 aliphatic carbocycles. The van der Waals surface area contributed by atoms with Crippen molar-refractivity contribution >= 4 is 11.6 Å². The molecule has 1 aromatic carbocycles. The first kappa shape index (κ1) is 12.1. The standard InChI is InChI=1S/C14H15ClN2/c1-10-3-4-12(9-13(10)15)14(16-2)11-5-7-17-8-6-11/h3-9,14,16H,1-2H3. The number of rotatable bonds is 3. The Bertz CT molecular complexity index is 497. The van der Waals surface area contributed by atoms with Crippen LogP contribution in [0.4, 0.5) is 0 Å². The molecule has 0 radical (unpaired) electrons. The van der Waals surface area contributed by atoms with Gasteiger partial charge in [0, 0.05) is 17.4 Å². The second-order valence-corrected chi connectivity index (χ2v) is 4.42. The molecular formula is C14H15ClN2. The minimum absolute atomic E-state index is 0.149. The molecular weight excluding hydrogens is 232 g/mol. The van der Waals surface area contributed by atoms with Gasteiger partial charge in [0.2, 0.25) is 0 Å². The van der Waals surface area contributed by atoms with Gasteiger partial charge >= 0.3 is 0 Å². The highest BCUT2D eigenvalue weighted by molar-refractivity contribution is 6.31. The first-order chi connectivity index (χ1) is 8.22. The summed E-state index contributed by atoms with van der Waals surface area (Å²) in [5, 5.41) is 4.10. The lowest BCUT2D eigenvalue weighted by atomic mass is 9.99. The molecule has 0 amide bonds. The summed E-state index contributed by atoms with van der Waals surface area (Å²) in [5.74, 6) is 0. The van der Waals surface area contributed by atoms with Gasteiger partial charge in [-0.1, -0.05) is 23.7 Å². The Morgan fingerprint density at radius 1 is 1.12 bits per heavy atom. The molecule has 2 rings (SSSR count). The van der Waals surface area contributed by atoms with Crippen LogP contribution in [0.3, 0.4) is 0 Å². The zero-order chi connectivity index (χ0) is 12.3. The van der Waals surface area contributed by atoms with Crippen LogP contribution < -0.4 is 5.32 Å². The maximum Gasteiger partial charge on any atom is 0.0575 e. The van der Waals surface area contributed by atoms with Crippen LogP contribution in [0.15, 0.2) is 42.7 Å². The van der Waals surface area contributed by atoms with Gasteiger partial charge in [0.15, 0.2) is 0 Å². The number of nitrogens with one attached hydrogen (secondary N) is 1. The van der Waals surface area contributed by atoms with Crippen LogP contribution in [-0.2, 0) is 0 Å². The van der Waals surface area contributed by atoms with Crippen molar-refractivity contribution in [2.45, 2.75) is 13.0 Å². The number of aryl methyl sites for hydroxylation is 1. The monoisotopic (exact) mass is 246 g/mol. The van der Waals surface area contributed by atoms with Gasteiger partial charge in [0.1, 0.15) is 0 Å². The first-order valence-electron chi connectivity index (χ1n) is 5.55. The van der Waals surface area contributed by atoms with Crippen LogP contribution >= 0.6 is 11.6 Å². The Hall–Kier alpha value is -1.38. The molecule has 0 aliphatic heterocycles. The second-order valence-electron chi connectivity index (χ2n) is 4.01. The Morgan fingerprint density at radius 3 is 2.41 bits per heavy atom. The normalized spacial score (nSPS) is 12.4. The van der Waals surface area contributed by atoms with E-state index < -0.39 is 0 Å². The highest BCUT2D eigenvalue weighted by atomic mass is 35.5. The van der Waals surface area contributed by atoms with E-state index in [1.165, 1.54) is 5.56 Å². The number of pyridine rings is 1. The average molecular weight is 247 g/mol. The fourth-order valence-electron chi connectivity index (χ4n) is 1.87. The molecule has 1 aromatic heterocycles. The number of hydrogen-bond acceptors (Lipinski definition) is 2. The van der Waals surface area contributed by atoms with Gasteiger partial charge in [0.05, 0.1) is 6.04 Å². The number of hydrogen-bond donors (Lipinski definition) is 1. The summed E-state index contributed by atoms with van der Waals surface area (Å²) < 4.78 is 0. The van der Waals surface area contributed by atoms with E-state index in [4.69, 9.17) is 11.6 Å². The Kier molecular flexibility index (Phi) is 3.77. The zero-order valence-electron chi connectivity index (χ0n) is 9.94. The van der Waals surface area contributed by atoms with Crippen LogP contribution in [0.1, 0.15) is 22.7 Å². The van der Waals surface area contributed by atoms with Crippen molar-refractivity contribution < 1.29 is 0 Å². The predicted octanol–water partition coefficient (Wildman–Crippen LogP) is 3.35. The second kappa shape index (κ2) is 5.30. The van der Waals surface area contributed by atoms with E-state index in [-0.39, 0.29) is 6.04 Å². The summed E-state index contributed by atoms with van der Waals surface area (Å²) in [6, 6.07) is 10.3. The Labute approximate surface area is 107 Å². The van der Waals surface area contributed by atoms with Crippen molar-refractivity contribution in [1.29, 1.82) is 0 Å². The smallest absolute Gasteiger partial charge is 0.0575 e. The molecule has 0 fully saturated rings. The molecule has 88 valence electrons. The predicted molar refractivity (Wildman–Crippen MR) is 71.3 cm³/mol. The Morgan fingerprint density at radius 2 is 1.82 bits per heavy atom. The zero-order valence-corrected chi connectivity index (χ0v) is 10.7. The van der Waals surface area contributed by atoms with E-state index in [0.717, 1.165) is 16.1 Å². The summed E-state index contributed by atoms with van der Waals surface area (Å²) >= 11 is 6.16. The molecule has 0 aliphatic rings. The van der Waals surface area contributed by atoms with Gasteiger partial charge in [0.25, 0.3) is 0 Å². The Balaban J connectivity index is 2.39. The van der Waals surface area contributed by atoms with Gasteiger partial charge < -0.3 is 5.32 Å². The van der Waals surface area contributed by atoms with Gasteiger partial charge in [-0.15, -0.1) is 0 Å². The molecule has 17 heavy (non-hydrogen) atoms. The van der Waals surface area contributed by atoms with Crippen LogP contribution in [0.5, 0.6) is 0 Å². The minimum atomic E-state index is 0.149. The van der Waals surface area contributed by atoms with E-state index in [9.17, 15) is 0 Å². The topological polar surface area (TPSA) is 24.9 Å². The van der Waals surface area contributed by atoms with Crippen molar-refractivity contribution in [3.05, 3.63) is 64.4 Å². The van der Waals surface area contributed by atoms with Crippen LogP contribution in [0.2, 0.25) is 5.02 Å². The fourth-order valence-corrected chi connectivity index (χ4v) is 2.06. The minimum Gasteiger partial charge on any atom is -0.309 e. The van der Waals surface area contributed by atoms with E-state index in [1.807, 2.05) is 38.2 Å². The van der Waals surface area contributed by atoms with Crippen molar-refractivity contribution in [2.24, 2.45) is 0 Å². The third-order valence-corrected chi connectivity index (χ3v) is 3.26. The van der Waals surface area contributed by atoms with E-state index in [1.54, 1.807) is 12.4 Å².